The number of nitrogens with one attached hydrogen (secondary N) is 1. The lowest BCUT2D eigenvalue weighted by molar-refractivity contribution is 0.532. The number of rotatable bonds is 5. The number of pyridine rings is 1. The lowest BCUT2D eigenvalue weighted by atomic mass is 10.1. The van der Waals surface area contributed by atoms with Crippen LogP contribution < -0.4 is 10.5 Å². The SMILES string of the molecule is Nc1ncnc2c1c(-c1ccc(NS(=O)c3cccc4cccnc34)c(F)c1)cn2C1CCCC1. The summed E-state index contributed by atoms with van der Waals surface area (Å²) >= 11 is 0. The summed E-state index contributed by atoms with van der Waals surface area (Å²) in [6.45, 7) is 0. The summed E-state index contributed by atoms with van der Waals surface area (Å²) in [5.41, 5.74) is 9.21. The van der Waals surface area contributed by atoms with Crippen LogP contribution in [-0.2, 0) is 11.0 Å². The molecule has 1 unspecified atom stereocenters. The smallest absolute Gasteiger partial charge is 0.152 e. The summed E-state index contributed by atoms with van der Waals surface area (Å²) in [6, 6.07) is 14.3. The monoisotopic (exact) mass is 486 g/mol. The molecular weight excluding hydrogens is 463 g/mol. The van der Waals surface area contributed by atoms with E-state index < -0.39 is 16.8 Å². The average Bonchev–Trinajstić information content (AvgIpc) is 3.54. The second kappa shape index (κ2) is 8.74. The normalized spacial score (nSPS) is 15.1. The van der Waals surface area contributed by atoms with Gasteiger partial charge in [0.15, 0.2) is 11.0 Å². The molecule has 3 heterocycles. The molecule has 176 valence electrons. The van der Waals surface area contributed by atoms with Crippen molar-refractivity contribution in [1.82, 2.24) is 19.5 Å². The minimum absolute atomic E-state index is 0.142. The molecule has 35 heavy (non-hydrogen) atoms. The van der Waals surface area contributed by atoms with Crippen LogP contribution in [-0.4, -0.2) is 23.7 Å². The van der Waals surface area contributed by atoms with E-state index in [0.29, 0.717) is 27.8 Å². The van der Waals surface area contributed by atoms with E-state index in [2.05, 4.69) is 24.2 Å². The minimum Gasteiger partial charge on any atom is -0.383 e. The molecule has 0 bridgehead atoms. The lowest BCUT2D eigenvalue weighted by Gasteiger charge is -2.12. The first-order valence-corrected chi connectivity index (χ1v) is 12.7. The molecule has 1 aliphatic rings. The van der Waals surface area contributed by atoms with Crippen LogP contribution in [0.5, 0.6) is 0 Å². The van der Waals surface area contributed by atoms with Gasteiger partial charge in [0.2, 0.25) is 0 Å². The van der Waals surface area contributed by atoms with E-state index in [0.717, 1.165) is 34.8 Å². The highest BCUT2D eigenvalue weighted by Gasteiger charge is 2.23. The van der Waals surface area contributed by atoms with Crippen molar-refractivity contribution in [3.05, 3.63) is 73.1 Å². The van der Waals surface area contributed by atoms with Crippen LogP contribution in [0.3, 0.4) is 0 Å². The Morgan fingerprint density at radius 1 is 1.06 bits per heavy atom. The number of halogens is 1. The highest BCUT2D eigenvalue weighted by atomic mass is 32.2. The predicted molar refractivity (Wildman–Crippen MR) is 137 cm³/mol. The summed E-state index contributed by atoms with van der Waals surface area (Å²) in [5.74, 6) is -0.143. The van der Waals surface area contributed by atoms with Crippen LogP contribution in [0.1, 0.15) is 31.7 Å². The van der Waals surface area contributed by atoms with E-state index in [1.807, 2.05) is 30.5 Å². The van der Waals surface area contributed by atoms with Crippen LogP contribution in [0.15, 0.2) is 72.1 Å². The highest BCUT2D eigenvalue weighted by Crippen LogP contribution is 2.39. The molecule has 1 aliphatic carbocycles. The Balaban J connectivity index is 1.36. The second-order valence-electron chi connectivity index (χ2n) is 8.74. The number of para-hydroxylation sites is 1. The molecule has 0 amide bonds. The third-order valence-electron chi connectivity index (χ3n) is 6.63. The third-order valence-corrected chi connectivity index (χ3v) is 7.77. The lowest BCUT2D eigenvalue weighted by Crippen LogP contribution is -2.07. The van der Waals surface area contributed by atoms with Gasteiger partial charge in [0, 0.05) is 29.4 Å². The zero-order valence-electron chi connectivity index (χ0n) is 18.8. The standard InChI is InChI=1S/C26H23FN6OS/c27-20-13-17(19-14-33(18-7-1-2-8-18)26-23(19)25(28)30-15-31-26)10-11-21(20)32-35(34)22-9-3-5-16-6-4-12-29-24(16)22/h3-6,9-15,18,32H,1-2,7-8H2,(H2,28,30,31). The van der Waals surface area contributed by atoms with Gasteiger partial charge in [-0.15, -0.1) is 0 Å². The van der Waals surface area contributed by atoms with Gasteiger partial charge >= 0.3 is 0 Å². The van der Waals surface area contributed by atoms with E-state index in [4.69, 9.17) is 5.73 Å². The number of nitrogens with zero attached hydrogens (tertiary/aromatic N) is 4. The van der Waals surface area contributed by atoms with Crippen LogP contribution in [0, 0.1) is 5.82 Å². The third kappa shape index (κ3) is 3.81. The summed E-state index contributed by atoms with van der Waals surface area (Å²) in [7, 11) is -1.69. The molecular formula is C26H23FN6OS. The summed E-state index contributed by atoms with van der Waals surface area (Å²) in [4.78, 5) is 13.5. The number of nitrogen functional groups attached to an aromatic ring is 1. The van der Waals surface area contributed by atoms with Gasteiger partial charge in [0.25, 0.3) is 0 Å². The highest BCUT2D eigenvalue weighted by molar-refractivity contribution is 7.86. The summed E-state index contributed by atoms with van der Waals surface area (Å²) < 4.78 is 33.3. The van der Waals surface area contributed by atoms with Crippen molar-refractivity contribution in [2.75, 3.05) is 10.5 Å². The summed E-state index contributed by atoms with van der Waals surface area (Å²) in [6.07, 6.45) is 9.65. The fourth-order valence-corrected chi connectivity index (χ4v) is 5.96. The number of nitrogens with two attached hydrogens (primary N) is 1. The minimum atomic E-state index is -1.69. The Kier molecular flexibility index (Phi) is 5.41. The fourth-order valence-electron chi connectivity index (χ4n) is 4.93. The molecule has 6 rings (SSSR count). The van der Waals surface area contributed by atoms with Crippen molar-refractivity contribution in [3.63, 3.8) is 0 Å². The second-order valence-corrected chi connectivity index (χ2v) is 9.92. The van der Waals surface area contributed by atoms with Crippen LogP contribution >= 0.6 is 0 Å². The van der Waals surface area contributed by atoms with Crippen molar-refractivity contribution < 1.29 is 8.60 Å². The van der Waals surface area contributed by atoms with Crippen molar-refractivity contribution in [2.45, 2.75) is 36.6 Å². The van der Waals surface area contributed by atoms with E-state index in [-0.39, 0.29) is 5.69 Å². The Hall–Kier alpha value is -3.85. The number of hydrogen-bond donors (Lipinski definition) is 2. The van der Waals surface area contributed by atoms with Gasteiger partial charge < -0.3 is 10.3 Å². The maximum Gasteiger partial charge on any atom is 0.152 e. The maximum absolute atomic E-state index is 15.3. The van der Waals surface area contributed by atoms with E-state index in [9.17, 15) is 4.21 Å². The van der Waals surface area contributed by atoms with Crippen LogP contribution in [0.4, 0.5) is 15.9 Å². The number of aromatic nitrogens is 4. The largest absolute Gasteiger partial charge is 0.383 e. The molecule has 0 aliphatic heterocycles. The molecule has 0 radical (unpaired) electrons. The van der Waals surface area contributed by atoms with Crippen LogP contribution in [0.25, 0.3) is 33.1 Å². The molecule has 3 aromatic heterocycles. The quantitative estimate of drug-likeness (QED) is 0.336. The molecule has 0 spiro atoms. The van der Waals surface area contributed by atoms with Crippen molar-refractivity contribution >= 4 is 44.4 Å². The van der Waals surface area contributed by atoms with Crippen molar-refractivity contribution in [1.29, 1.82) is 0 Å². The molecule has 7 nitrogen and oxygen atoms in total. The van der Waals surface area contributed by atoms with Gasteiger partial charge in [-0.2, -0.15) is 0 Å². The first-order chi connectivity index (χ1) is 17.1. The van der Waals surface area contributed by atoms with E-state index >= 15 is 4.39 Å². The molecule has 5 aromatic rings. The molecule has 2 aromatic carbocycles. The molecule has 1 atom stereocenters. The Morgan fingerprint density at radius 2 is 1.89 bits per heavy atom. The van der Waals surface area contributed by atoms with Crippen molar-refractivity contribution in [2.24, 2.45) is 0 Å². The Bertz CT molecular complexity index is 1590. The van der Waals surface area contributed by atoms with Crippen LogP contribution in [0.2, 0.25) is 0 Å². The van der Waals surface area contributed by atoms with Gasteiger partial charge in [0.1, 0.15) is 23.6 Å². The number of benzene rings is 2. The number of hydrogen-bond acceptors (Lipinski definition) is 5. The summed E-state index contributed by atoms with van der Waals surface area (Å²) in [5, 5.41) is 1.60. The molecule has 0 saturated heterocycles. The molecule has 9 heteroatoms. The van der Waals surface area contributed by atoms with Gasteiger partial charge in [-0.3, -0.25) is 9.71 Å². The maximum atomic E-state index is 15.3. The first kappa shape index (κ1) is 21.7. The number of anilines is 2. The van der Waals surface area contributed by atoms with Gasteiger partial charge in [0.05, 0.1) is 21.5 Å². The Labute approximate surface area is 203 Å². The van der Waals surface area contributed by atoms with Crippen molar-refractivity contribution in [3.8, 4) is 11.1 Å². The molecule has 1 fully saturated rings. The predicted octanol–water partition coefficient (Wildman–Crippen LogP) is 5.62. The molecule has 3 N–H and O–H groups in total. The van der Waals surface area contributed by atoms with E-state index in [1.165, 1.54) is 25.2 Å². The molecule has 1 saturated carbocycles. The van der Waals surface area contributed by atoms with Gasteiger partial charge in [-0.1, -0.05) is 37.1 Å². The Morgan fingerprint density at radius 3 is 2.71 bits per heavy atom. The fraction of sp³-hybridized carbons (Fsp3) is 0.192. The van der Waals surface area contributed by atoms with Gasteiger partial charge in [-0.05, 0) is 42.7 Å². The zero-order chi connectivity index (χ0) is 23.9. The topological polar surface area (TPSA) is 98.7 Å². The zero-order valence-corrected chi connectivity index (χ0v) is 19.6. The first-order valence-electron chi connectivity index (χ1n) is 11.5. The van der Waals surface area contributed by atoms with Gasteiger partial charge in [-0.25, -0.2) is 18.6 Å². The van der Waals surface area contributed by atoms with E-state index in [1.54, 1.807) is 24.4 Å². The number of fused-ring (bicyclic) bond motifs is 2. The average molecular weight is 487 g/mol.